The summed E-state index contributed by atoms with van der Waals surface area (Å²) in [4.78, 5) is 37.0. The molecule has 2 aromatic rings. The van der Waals surface area contributed by atoms with Crippen molar-refractivity contribution >= 4 is 17.7 Å². The summed E-state index contributed by atoms with van der Waals surface area (Å²) in [5.74, 6) is -2.05. The lowest BCUT2D eigenvalue weighted by Gasteiger charge is -2.18. The minimum absolute atomic E-state index is 0.0444. The maximum atomic E-state index is 12.4. The van der Waals surface area contributed by atoms with Crippen LogP contribution in [0.25, 0.3) is 0 Å². The Labute approximate surface area is 147 Å². The molecule has 0 saturated carbocycles. The Morgan fingerprint density at radius 1 is 0.920 bits per heavy atom. The van der Waals surface area contributed by atoms with Crippen LogP contribution >= 0.6 is 0 Å². The zero-order valence-electron chi connectivity index (χ0n) is 14.3. The fraction of sp³-hybridized carbons (Fsp3) is 0.250. The van der Waals surface area contributed by atoms with Gasteiger partial charge in [-0.05, 0) is 17.7 Å². The molecule has 1 unspecified atom stereocenters. The molecule has 0 aliphatic rings. The van der Waals surface area contributed by atoms with Gasteiger partial charge in [-0.25, -0.2) is 4.79 Å². The smallest absolute Gasteiger partial charge is 0.336 e. The third-order valence-corrected chi connectivity index (χ3v) is 3.62. The summed E-state index contributed by atoms with van der Waals surface area (Å²) in [7, 11) is 0. The minimum atomic E-state index is -1.32. The molecule has 5 heteroatoms. The fourth-order valence-electron chi connectivity index (χ4n) is 2.20. The van der Waals surface area contributed by atoms with Crippen LogP contribution in [0.1, 0.15) is 29.8 Å². The van der Waals surface area contributed by atoms with E-state index >= 15 is 0 Å². The first-order valence-electron chi connectivity index (χ1n) is 8.09. The van der Waals surface area contributed by atoms with Gasteiger partial charge in [-0.2, -0.15) is 0 Å². The van der Waals surface area contributed by atoms with E-state index in [1.54, 1.807) is 44.2 Å². The van der Waals surface area contributed by atoms with Gasteiger partial charge in [0.15, 0.2) is 11.8 Å². The summed E-state index contributed by atoms with van der Waals surface area (Å²) in [5, 5.41) is 2.49. The monoisotopic (exact) mass is 339 g/mol. The van der Waals surface area contributed by atoms with Gasteiger partial charge in [-0.15, -0.1) is 0 Å². The number of hydrogen-bond acceptors (Lipinski definition) is 4. The molecule has 0 aliphatic carbocycles. The van der Waals surface area contributed by atoms with Crippen molar-refractivity contribution in [3.05, 3.63) is 71.8 Å². The predicted molar refractivity (Wildman–Crippen MR) is 93.8 cm³/mol. The SMILES string of the molecule is CC(C)C(=O)C(NC(=O)c1ccccc1)C(=O)OCc1ccccc1. The number of benzene rings is 2. The van der Waals surface area contributed by atoms with Gasteiger partial charge >= 0.3 is 5.97 Å². The topological polar surface area (TPSA) is 72.5 Å². The number of ether oxygens (including phenoxy) is 1. The normalized spacial score (nSPS) is 11.6. The number of carbonyl (C=O) groups excluding carboxylic acids is 3. The molecule has 0 fully saturated rings. The number of rotatable bonds is 7. The van der Waals surface area contributed by atoms with Crippen molar-refractivity contribution in [2.24, 2.45) is 5.92 Å². The zero-order valence-corrected chi connectivity index (χ0v) is 14.3. The van der Waals surface area contributed by atoms with Crippen molar-refractivity contribution in [2.45, 2.75) is 26.5 Å². The van der Waals surface area contributed by atoms with Crippen LogP contribution in [0.2, 0.25) is 0 Å². The summed E-state index contributed by atoms with van der Waals surface area (Å²) in [5.41, 5.74) is 1.18. The van der Waals surface area contributed by atoms with E-state index in [9.17, 15) is 14.4 Å². The Hall–Kier alpha value is -2.95. The number of nitrogens with one attached hydrogen (secondary N) is 1. The van der Waals surface area contributed by atoms with Crippen LogP contribution in [0.4, 0.5) is 0 Å². The molecule has 0 heterocycles. The zero-order chi connectivity index (χ0) is 18.2. The Morgan fingerprint density at radius 3 is 2.04 bits per heavy atom. The summed E-state index contributed by atoms with van der Waals surface area (Å²) >= 11 is 0. The first kappa shape index (κ1) is 18.4. The summed E-state index contributed by atoms with van der Waals surface area (Å²) < 4.78 is 5.22. The molecule has 130 valence electrons. The van der Waals surface area contributed by atoms with E-state index in [1.165, 1.54) is 0 Å². The molecule has 1 atom stereocenters. The van der Waals surface area contributed by atoms with Gasteiger partial charge in [0.25, 0.3) is 5.91 Å². The summed E-state index contributed by atoms with van der Waals surface area (Å²) in [6, 6.07) is 16.3. The number of hydrogen-bond donors (Lipinski definition) is 1. The number of carbonyl (C=O) groups is 3. The molecule has 5 nitrogen and oxygen atoms in total. The molecule has 2 rings (SSSR count). The van der Waals surface area contributed by atoms with Crippen molar-refractivity contribution in [1.82, 2.24) is 5.32 Å². The Kier molecular flexibility index (Phi) is 6.46. The fourth-order valence-corrected chi connectivity index (χ4v) is 2.20. The van der Waals surface area contributed by atoms with E-state index in [1.807, 2.05) is 30.3 Å². The van der Waals surface area contributed by atoms with Crippen molar-refractivity contribution < 1.29 is 19.1 Å². The number of amides is 1. The molecule has 0 aliphatic heterocycles. The molecule has 1 N–H and O–H groups in total. The summed E-state index contributed by atoms with van der Waals surface area (Å²) in [6.07, 6.45) is 0. The number of Topliss-reactive ketones (excluding diaryl/α,β-unsaturated/α-hetero) is 1. The Morgan fingerprint density at radius 2 is 1.48 bits per heavy atom. The second-order valence-electron chi connectivity index (χ2n) is 5.92. The van der Waals surface area contributed by atoms with Crippen molar-refractivity contribution in [1.29, 1.82) is 0 Å². The van der Waals surface area contributed by atoms with Crippen LogP contribution in [0.5, 0.6) is 0 Å². The molecule has 0 aromatic heterocycles. The van der Waals surface area contributed by atoms with Gasteiger partial charge in [0.05, 0.1) is 0 Å². The minimum Gasteiger partial charge on any atom is -0.459 e. The lowest BCUT2D eigenvalue weighted by Crippen LogP contribution is -2.48. The van der Waals surface area contributed by atoms with Crippen LogP contribution in [-0.2, 0) is 20.9 Å². The quantitative estimate of drug-likeness (QED) is 0.622. The highest BCUT2D eigenvalue weighted by Gasteiger charge is 2.31. The van der Waals surface area contributed by atoms with Gasteiger partial charge in [0.2, 0.25) is 0 Å². The maximum absolute atomic E-state index is 12.4. The highest BCUT2D eigenvalue weighted by atomic mass is 16.5. The van der Waals surface area contributed by atoms with E-state index in [2.05, 4.69) is 5.32 Å². The van der Waals surface area contributed by atoms with E-state index < -0.39 is 23.8 Å². The highest BCUT2D eigenvalue weighted by molar-refractivity contribution is 6.08. The maximum Gasteiger partial charge on any atom is 0.336 e. The molecule has 0 bridgehead atoms. The van der Waals surface area contributed by atoms with Gasteiger partial charge in [0.1, 0.15) is 6.61 Å². The van der Waals surface area contributed by atoms with Crippen molar-refractivity contribution in [3.63, 3.8) is 0 Å². The van der Waals surface area contributed by atoms with Crippen LogP contribution in [0, 0.1) is 5.92 Å². The lowest BCUT2D eigenvalue weighted by molar-refractivity contribution is -0.150. The molecule has 0 spiro atoms. The van der Waals surface area contributed by atoms with E-state index in [0.29, 0.717) is 5.56 Å². The third-order valence-electron chi connectivity index (χ3n) is 3.62. The molecular weight excluding hydrogens is 318 g/mol. The number of ketones is 1. The first-order chi connectivity index (χ1) is 12.0. The average molecular weight is 339 g/mol. The molecule has 2 aromatic carbocycles. The van der Waals surface area contributed by atoms with Crippen LogP contribution < -0.4 is 5.32 Å². The van der Waals surface area contributed by atoms with Gasteiger partial charge in [-0.1, -0.05) is 62.4 Å². The van der Waals surface area contributed by atoms with Gasteiger partial charge in [0, 0.05) is 11.5 Å². The molecule has 0 saturated heterocycles. The first-order valence-corrected chi connectivity index (χ1v) is 8.09. The highest BCUT2D eigenvalue weighted by Crippen LogP contribution is 2.07. The Balaban J connectivity index is 2.08. The molecule has 0 radical (unpaired) electrons. The van der Waals surface area contributed by atoms with Gasteiger partial charge < -0.3 is 10.1 Å². The Bertz CT molecular complexity index is 726. The lowest BCUT2D eigenvalue weighted by atomic mass is 10.0. The van der Waals surface area contributed by atoms with Gasteiger partial charge in [-0.3, -0.25) is 9.59 Å². The molecular formula is C20H21NO4. The largest absolute Gasteiger partial charge is 0.459 e. The predicted octanol–water partition coefficient (Wildman–Crippen LogP) is 2.75. The van der Waals surface area contributed by atoms with E-state index in [4.69, 9.17) is 4.74 Å². The van der Waals surface area contributed by atoms with E-state index in [0.717, 1.165) is 5.56 Å². The van der Waals surface area contributed by atoms with Crippen molar-refractivity contribution in [3.8, 4) is 0 Å². The second kappa shape index (κ2) is 8.78. The van der Waals surface area contributed by atoms with Crippen LogP contribution in [0.3, 0.4) is 0 Å². The number of esters is 1. The third kappa shape index (κ3) is 5.28. The standard InChI is InChI=1S/C20H21NO4/c1-14(2)18(22)17(21-19(23)16-11-7-4-8-12-16)20(24)25-13-15-9-5-3-6-10-15/h3-12,14,17H,13H2,1-2H3,(H,21,23). The van der Waals surface area contributed by atoms with Crippen LogP contribution in [-0.4, -0.2) is 23.7 Å². The van der Waals surface area contributed by atoms with Crippen LogP contribution in [0.15, 0.2) is 60.7 Å². The molecule has 25 heavy (non-hydrogen) atoms. The summed E-state index contributed by atoms with van der Waals surface area (Å²) in [6.45, 7) is 3.39. The van der Waals surface area contributed by atoms with Crippen molar-refractivity contribution in [2.75, 3.05) is 0 Å². The average Bonchev–Trinajstić information content (AvgIpc) is 2.64. The second-order valence-corrected chi connectivity index (χ2v) is 5.92. The van der Waals surface area contributed by atoms with E-state index in [-0.39, 0.29) is 12.4 Å². The molecule has 1 amide bonds.